The van der Waals surface area contributed by atoms with Gasteiger partial charge in [-0.3, -0.25) is 15.0 Å². The van der Waals surface area contributed by atoms with Crippen molar-refractivity contribution in [1.82, 2.24) is 4.90 Å². The van der Waals surface area contributed by atoms with Crippen LogP contribution in [0.15, 0.2) is 18.2 Å². The molecule has 1 aliphatic rings. The lowest BCUT2D eigenvalue weighted by Gasteiger charge is -2.23. The Balaban J connectivity index is 2.13. The van der Waals surface area contributed by atoms with Gasteiger partial charge in [-0.2, -0.15) is 0 Å². The maximum Gasteiger partial charge on any atom is 0.292 e. The number of methoxy groups -OCH3 is 1. The van der Waals surface area contributed by atoms with Crippen LogP contribution in [0, 0.1) is 10.1 Å². The van der Waals surface area contributed by atoms with Gasteiger partial charge < -0.3 is 10.1 Å². The van der Waals surface area contributed by atoms with E-state index in [1.54, 1.807) is 26.3 Å². The van der Waals surface area contributed by atoms with Gasteiger partial charge >= 0.3 is 0 Å². The molecule has 0 spiro atoms. The first-order valence-corrected chi connectivity index (χ1v) is 6.83. The Hall–Kier alpha value is -1.66. The molecule has 1 aromatic carbocycles. The molecule has 1 N–H and O–H groups in total. The molecular formula is C14H21N3O3. The second-order valence-corrected chi connectivity index (χ2v) is 5.08. The first kappa shape index (κ1) is 14.7. The molecular weight excluding hydrogens is 258 g/mol. The van der Waals surface area contributed by atoms with E-state index in [4.69, 9.17) is 4.74 Å². The van der Waals surface area contributed by atoms with Crippen LogP contribution >= 0.6 is 0 Å². The van der Waals surface area contributed by atoms with E-state index in [0.717, 1.165) is 38.1 Å². The molecule has 0 bridgehead atoms. The maximum absolute atomic E-state index is 11.1. The largest absolute Gasteiger partial charge is 0.383 e. The van der Waals surface area contributed by atoms with E-state index in [1.807, 2.05) is 6.07 Å². The van der Waals surface area contributed by atoms with Gasteiger partial charge in [0.25, 0.3) is 5.69 Å². The second-order valence-electron chi connectivity index (χ2n) is 5.08. The average molecular weight is 279 g/mol. The number of nitro groups is 1. The lowest BCUT2D eigenvalue weighted by Crippen LogP contribution is -2.32. The number of rotatable bonds is 6. The normalized spacial score (nSPS) is 19.2. The molecule has 2 rings (SSSR count). The van der Waals surface area contributed by atoms with Gasteiger partial charge in [0.15, 0.2) is 0 Å². The SMILES string of the molecule is CNc1ccc(CN2CCC[C@@H]2COC)cc1[N+](=O)[O-]. The predicted octanol–water partition coefficient (Wildman–Crippen LogP) is 2.25. The van der Waals surface area contributed by atoms with Crippen molar-refractivity contribution in [3.8, 4) is 0 Å². The van der Waals surface area contributed by atoms with Gasteiger partial charge in [-0.25, -0.2) is 0 Å². The van der Waals surface area contributed by atoms with Crippen LogP contribution in [0.25, 0.3) is 0 Å². The fourth-order valence-corrected chi connectivity index (χ4v) is 2.76. The van der Waals surface area contributed by atoms with E-state index in [-0.39, 0.29) is 10.6 Å². The molecule has 6 nitrogen and oxygen atoms in total. The number of likely N-dealkylation sites (tertiary alicyclic amines) is 1. The molecule has 1 fully saturated rings. The van der Waals surface area contributed by atoms with Gasteiger partial charge in [0.2, 0.25) is 0 Å². The summed E-state index contributed by atoms with van der Waals surface area (Å²) < 4.78 is 5.23. The Bertz CT molecular complexity index is 479. The van der Waals surface area contributed by atoms with Crippen LogP contribution < -0.4 is 5.32 Å². The number of anilines is 1. The summed E-state index contributed by atoms with van der Waals surface area (Å²) in [6.07, 6.45) is 2.29. The van der Waals surface area contributed by atoms with E-state index in [0.29, 0.717) is 11.7 Å². The highest BCUT2D eigenvalue weighted by Gasteiger charge is 2.25. The number of benzene rings is 1. The summed E-state index contributed by atoms with van der Waals surface area (Å²) in [6, 6.07) is 5.80. The summed E-state index contributed by atoms with van der Waals surface area (Å²) in [7, 11) is 3.40. The van der Waals surface area contributed by atoms with Crippen molar-refractivity contribution in [3.63, 3.8) is 0 Å². The van der Waals surface area contributed by atoms with Gasteiger partial charge in [-0.1, -0.05) is 6.07 Å². The number of nitrogens with one attached hydrogen (secondary N) is 1. The fraction of sp³-hybridized carbons (Fsp3) is 0.571. The number of ether oxygens (including phenoxy) is 1. The minimum Gasteiger partial charge on any atom is -0.383 e. The molecule has 1 aromatic rings. The highest BCUT2D eigenvalue weighted by atomic mass is 16.6. The molecule has 1 saturated heterocycles. The van der Waals surface area contributed by atoms with Crippen LogP contribution in [-0.4, -0.2) is 43.2 Å². The van der Waals surface area contributed by atoms with Crippen LogP contribution in [-0.2, 0) is 11.3 Å². The molecule has 20 heavy (non-hydrogen) atoms. The zero-order valence-corrected chi connectivity index (χ0v) is 12.0. The maximum atomic E-state index is 11.1. The molecule has 0 saturated carbocycles. The van der Waals surface area contributed by atoms with Crippen molar-refractivity contribution < 1.29 is 9.66 Å². The zero-order chi connectivity index (χ0) is 14.5. The third kappa shape index (κ3) is 3.26. The fourth-order valence-electron chi connectivity index (χ4n) is 2.76. The summed E-state index contributed by atoms with van der Waals surface area (Å²) in [5.41, 5.74) is 1.65. The van der Waals surface area contributed by atoms with Crippen LogP contribution in [0.3, 0.4) is 0 Å². The Morgan fingerprint density at radius 2 is 2.35 bits per heavy atom. The quantitative estimate of drug-likeness (QED) is 0.639. The van der Waals surface area contributed by atoms with E-state index >= 15 is 0 Å². The lowest BCUT2D eigenvalue weighted by molar-refractivity contribution is -0.384. The number of hydrogen-bond acceptors (Lipinski definition) is 5. The molecule has 6 heteroatoms. The number of nitro benzene ring substituents is 1. The van der Waals surface area contributed by atoms with Gasteiger partial charge in [0.1, 0.15) is 5.69 Å². The molecule has 0 aromatic heterocycles. The van der Waals surface area contributed by atoms with Crippen molar-refractivity contribution in [2.45, 2.75) is 25.4 Å². The Kier molecular flexibility index (Phi) is 4.92. The van der Waals surface area contributed by atoms with Crippen LogP contribution in [0.5, 0.6) is 0 Å². The van der Waals surface area contributed by atoms with Crippen molar-refractivity contribution in [2.24, 2.45) is 0 Å². The molecule has 0 unspecified atom stereocenters. The van der Waals surface area contributed by atoms with Crippen LogP contribution in [0.4, 0.5) is 11.4 Å². The molecule has 0 aliphatic carbocycles. The molecule has 0 amide bonds. The molecule has 1 atom stereocenters. The Labute approximate surface area is 118 Å². The predicted molar refractivity (Wildman–Crippen MR) is 78.0 cm³/mol. The number of hydrogen-bond donors (Lipinski definition) is 1. The monoisotopic (exact) mass is 279 g/mol. The van der Waals surface area contributed by atoms with Gasteiger partial charge in [0, 0.05) is 32.8 Å². The average Bonchev–Trinajstić information content (AvgIpc) is 2.86. The smallest absolute Gasteiger partial charge is 0.292 e. The van der Waals surface area contributed by atoms with Crippen molar-refractivity contribution in [3.05, 3.63) is 33.9 Å². The van der Waals surface area contributed by atoms with Gasteiger partial charge in [0.05, 0.1) is 11.5 Å². The Morgan fingerprint density at radius 1 is 1.55 bits per heavy atom. The van der Waals surface area contributed by atoms with Crippen molar-refractivity contribution in [2.75, 3.05) is 32.6 Å². The molecule has 110 valence electrons. The van der Waals surface area contributed by atoms with Gasteiger partial charge in [-0.05, 0) is 31.0 Å². The third-order valence-electron chi connectivity index (χ3n) is 3.77. The van der Waals surface area contributed by atoms with Crippen molar-refractivity contribution >= 4 is 11.4 Å². The van der Waals surface area contributed by atoms with E-state index in [9.17, 15) is 10.1 Å². The van der Waals surface area contributed by atoms with E-state index in [1.165, 1.54) is 0 Å². The van der Waals surface area contributed by atoms with Crippen LogP contribution in [0.1, 0.15) is 18.4 Å². The molecule has 1 aliphatic heterocycles. The van der Waals surface area contributed by atoms with Crippen LogP contribution in [0.2, 0.25) is 0 Å². The summed E-state index contributed by atoms with van der Waals surface area (Å²) >= 11 is 0. The standard InChI is InChI=1S/C14H21N3O3/c1-15-13-6-5-11(8-14(13)17(18)19)9-16-7-3-4-12(16)10-20-2/h5-6,8,12,15H,3-4,7,9-10H2,1-2H3/t12-/m1/s1. The zero-order valence-electron chi connectivity index (χ0n) is 12.0. The van der Waals surface area contributed by atoms with Crippen molar-refractivity contribution in [1.29, 1.82) is 0 Å². The highest BCUT2D eigenvalue weighted by molar-refractivity contribution is 5.62. The molecule has 1 heterocycles. The summed E-state index contributed by atoms with van der Waals surface area (Å²) in [5, 5.41) is 13.9. The van der Waals surface area contributed by atoms with Gasteiger partial charge in [-0.15, -0.1) is 0 Å². The van der Waals surface area contributed by atoms with E-state index in [2.05, 4.69) is 10.2 Å². The summed E-state index contributed by atoms with van der Waals surface area (Å²) in [5.74, 6) is 0. The first-order chi connectivity index (χ1) is 9.65. The number of nitrogens with zero attached hydrogens (tertiary/aromatic N) is 2. The minimum absolute atomic E-state index is 0.132. The third-order valence-corrected chi connectivity index (χ3v) is 3.77. The second kappa shape index (κ2) is 6.67. The Morgan fingerprint density at radius 3 is 3.00 bits per heavy atom. The summed E-state index contributed by atoms with van der Waals surface area (Å²) in [4.78, 5) is 13.1. The molecule has 0 radical (unpaired) electrons. The topological polar surface area (TPSA) is 67.6 Å². The highest BCUT2D eigenvalue weighted by Crippen LogP contribution is 2.27. The van der Waals surface area contributed by atoms with E-state index < -0.39 is 0 Å². The lowest BCUT2D eigenvalue weighted by atomic mass is 10.1. The first-order valence-electron chi connectivity index (χ1n) is 6.83. The summed E-state index contributed by atoms with van der Waals surface area (Å²) in [6.45, 7) is 2.48. The minimum atomic E-state index is -0.341.